The van der Waals surface area contributed by atoms with E-state index in [1.54, 1.807) is 51.7 Å². The highest BCUT2D eigenvalue weighted by Gasteiger charge is 2.40. The number of nitrogens with zero attached hydrogens (tertiary/aromatic N) is 8. The number of likely N-dealkylation sites (N-methyl/N-ethyl adjacent to an activating group) is 1. The van der Waals surface area contributed by atoms with Crippen molar-refractivity contribution >= 4 is 135 Å². The van der Waals surface area contributed by atoms with Crippen LogP contribution >= 0.6 is 0 Å². The van der Waals surface area contributed by atoms with E-state index in [9.17, 15) is 96.5 Å². The quantitative estimate of drug-likeness (QED) is 0.0111. The van der Waals surface area contributed by atoms with Gasteiger partial charge in [-0.3, -0.25) is 106 Å². The van der Waals surface area contributed by atoms with Crippen LogP contribution in [0.5, 0.6) is 5.75 Å². The number of amides is 17. The SMILES string of the molecule is CC(C)C[C@H](C)C(=O)N[C@H](C(=O)N[C@H](C(=O)N[C@@H](CCCN=C(N)N)C(=O)N[C@@H](CCC(N)=O)C(=O)N[C@@H](CCCN=C(N)N)C(=O)N[C@@H](Cc1ccc(O)cc1)C(N)=O)[C@@H](C)O)C(C)C.CC[C@H](C)[C@H](N)C(=O)N[C@@H](CCCCN)C(=O)N1CCN(c2ccc3ncn(CC(=O)N[C@@H](CCCN=C(N)N)C(=O)N[C@@H](Cc4cnc[nH]4)C(=O)N[C@@H](C)C(=O)N[C@@H](CC(C)C)C(=O)N[C@@H](CC(N)=O)C(=O)NC)c(=O)c3c2)CC1. The number of anilines is 1. The molecule has 17 amide bonds. The number of rotatable bonds is 62. The number of piperazine rings is 1. The summed E-state index contributed by atoms with van der Waals surface area (Å²) >= 11 is 0. The van der Waals surface area contributed by atoms with Crippen molar-refractivity contribution in [1.29, 1.82) is 0 Å². The minimum Gasteiger partial charge on any atom is -0.508 e. The maximum absolute atomic E-state index is 14.2. The number of nitrogens with two attached hydrogens (primary N) is 11. The lowest BCUT2D eigenvalue weighted by Crippen LogP contribution is -2.61. The number of primary amides is 3. The number of hydrogen-bond donors (Lipinski definition) is 27. The highest BCUT2D eigenvalue weighted by molar-refractivity contribution is 6.00. The second-order valence-electron chi connectivity index (χ2n) is 37.5. The van der Waals surface area contributed by atoms with Gasteiger partial charge in [-0.25, -0.2) is 9.97 Å². The van der Waals surface area contributed by atoms with E-state index >= 15 is 0 Å². The summed E-state index contributed by atoms with van der Waals surface area (Å²) in [6, 6.07) is -5.46. The smallest absolute Gasteiger partial charge is 0.261 e. The number of H-pyrrole nitrogens is 1. The number of imidazole rings is 1. The number of aromatic nitrogens is 4. The molecule has 816 valence electrons. The summed E-state index contributed by atoms with van der Waals surface area (Å²) in [6.07, 6.45) is 4.24. The van der Waals surface area contributed by atoms with Gasteiger partial charge in [0.25, 0.3) is 5.56 Å². The van der Waals surface area contributed by atoms with Gasteiger partial charge in [-0.05, 0) is 157 Å². The number of aliphatic hydroxyl groups is 1. The first-order valence-corrected chi connectivity index (χ1v) is 49.1. The molecule has 16 atom stereocenters. The topological polar surface area (TPSA) is 880 Å². The number of phenolic OH excluding ortho intramolecular Hbond substituents is 1. The molecule has 0 aliphatic carbocycles. The molecule has 53 heteroatoms. The fourth-order valence-electron chi connectivity index (χ4n) is 15.5. The second-order valence-corrected chi connectivity index (χ2v) is 37.5. The van der Waals surface area contributed by atoms with Crippen LogP contribution in [0.2, 0.25) is 0 Å². The van der Waals surface area contributed by atoms with Crippen LogP contribution in [-0.2, 0) is 101 Å². The Bertz CT molecular complexity index is 5190. The number of aromatic hydroxyl groups is 1. The van der Waals surface area contributed by atoms with Gasteiger partial charge in [0.05, 0.1) is 42.1 Å². The number of aliphatic imine (C=N–C) groups is 3. The van der Waals surface area contributed by atoms with Crippen LogP contribution in [0.25, 0.3) is 10.9 Å². The Kier molecular flexibility index (Phi) is 53.6. The van der Waals surface area contributed by atoms with E-state index in [1.807, 2.05) is 38.7 Å². The summed E-state index contributed by atoms with van der Waals surface area (Å²) in [4.78, 5) is 267. The van der Waals surface area contributed by atoms with Crippen molar-refractivity contribution in [2.45, 2.75) is 277 Å². The van der Waals surface area contributed by atoms with Crippen molar-refractivity contribution in [3.63, 3.8) is 0 Å². The maximum Gasteiger partial charge on any atom is 0.261 e. The Morgan fingerprint density at radius 2 is 0.973 bits per heavy atom. The first-order valence-electron chi connectivity index (χ1n) is 49.1. The van der Waals surface area contributed by atoms with Gasteiger partial charge in [-0.15, -0.1) is 0 Å². The van der Waals surface area contributed by atoms with Gasteiger partial charge >= 0.3 is 0 Å². The number of aliphatic hydroxyl groups excluding tert-OH is 1. The van der Waals surface area contributed by atoms with E-state index in [0.717, 1.165) is 4.57 Å². The third kappa shape index (κ3) is 44.7. The first kappa shape index (κ1) is 124. The van der Waals surface area contributed by atoms with Crippen molar-refractivity contribution in [1.82, 2.24) is 93.5 Å². The summed E-state index contributed by atoms with van der Waals surface area (Å²) in [5.41, 5.74) is 62.5. The average Bonchev–Trinajstić information content (AvgIpc) is 0.822. The van der Waals surface area contributed by atoms with Gasteiger partial charge in [0.1, 0.15) is 84.8 Å². The van der Waals surface area contributed by atoms with Crippen molar-refractivity contribution in [2.24, 2.45) is 108 Å². The fourth-order valence-corrected chi connectivity index (χ4v) is 15.5. The third-order valence-corrected chi connectivity index (χ3v) is 23.9. The fraction of sp³-hybridized carbons (Fsp3) is 0.606. The van der Waals surface area contributed by atoms with Crippen LogP contribution in [-0.4, -0.2) is 297 Å². The molecule has 1 aliphatic heterocycles. The molecule has 38 N–H and O–H groups in total. The zero-order chi connectivity index (χ0) is 110. The predicted octanol–water partition coefficient (Wildman–Crippen LogP) is -7.42. The Morgan fingerprint density at radius 3 is 1.46 bits per heavy atom. The Hall–Kier alpha value is -14.9. The summed E-state index contributed by atoms with van der Waals surface area (Å²) in [6.45, 7) is 20.6. The van der Waals surface area contributed by atoms with Crippen molar-refractivity contribution in [2.75, 3.05) is 64.3 Å². The molecule has 4 aromatic rings. The molecule has 0 radical (unpaired) electrons. The molecule has 1 aliphatic rings. The van der Waals surface area contributed by atoms with Gasteiger partial charge in [-0.1, -0.05) is 80.9 Å². The van der Waals surface area contributed by atoms with E-state index in [1.165, 1.54) is 64.0 Å². The lowest BCUT2D eigenvalue weighted by molar-refractivity contribution is -0.137. The molecule has 0 bridgehead atoms. The molecule has 53 nitrogen and oxygen atoms in total. The molecule has 1 fully saturated rings. The molecular weight excluding hydrogens is 1910 g/mol. The van der Waals surface area contributed by atoms with Gasteiger partial charge < -0.3 is 157 Å². The largest absolute Gasteiger partial charge is 0.508 e. The number of benzene rings is 2. The minimum atomic E-state index is -1.64. The zero-order valence-electron chi connectivity index (χ0n) is 85.8. The Balaban J connectivity index is 0.000000626. The molecule has 147 heavy (non-hydrogen) atoms. The van der Waals surface area contributed by atoms with Crippen LogP contribution in [0.3, 0.4) is 0 Å². The number of fused-ring (bicyclic) bond motifs is 1. The number of phenols is 1. The Labute approximate surface area is 853 Å². The number of carbonyl (C=O) groups excluding carboxylic acids is 17. The van der Waals surface area contributed by atoms with Crippen molar-refractivity contribution < 1.29 is 91.7 Å². The van der Waals surface area contributed by atoms with Crippen LogP contribution in [0.15, 0.2) is 81.1 Å². The molecule has 0 spiro atoms. The summed E-state index contributed by atoms with van der Waals surface area (Å²) in [5, 5.41) is 54.0. The third-order valence-electron chi connectivity index (χ3n) is 23.9. The van der Waals surface area contributed by atoms with E-state index in [-0.39, 0.29) is 148 Å². The Morgan fingerprint density at radius 1 is 0.490 bits per heavy atom. The summed E-state index contributed by atoms with van der Waals surface area (Å²) < 4.78 is 1.09. The van der Waals surface area contributed by atoms with Crippen LogP contribution < -0.4 is 143 Å². The normalized spacial score (nSPS) is 15.1. The number of aromatic amines is 1. The van der Waals surface area contributed by atoms with Crippen molar-refractivity contribution in [3.05, 3.63) is 82.9 Å². The van der Waals surface area contributed by atoms with Gasteiger partial charge in [-0.2, -0.15) is 0 Å². The van der Waals surface area contributed by atoms with E-state index < -0.39 is 204 Å². The number of nitrogens with one attached hydrogen (secondary N) is 14. The molecule has 3 heterocycles. The van der Waals surface area contributed by atoms with E-state index in [4.69, 9.17) is 63.1 Å². The highest BCUT2D eigenvalue weighted by Crippen LogP contribution is 2.24. The minimum absolute atomic E-state index is 0.00479. The molecule has 2 aromatic carbocycles. The van der Waals surface area contributed by atoms with Crippen LogP contribution in [0, 0.1) is 29.6 Å². The van der Waals surface area contributed by atoms with Crippen LogP contribution in [0.1, 0.15) is 184 Å². The summed E-state index contributed by atoms with van der Waals surface area (Å²) in [7, 11) is 1.32. The van der Waals surface area contributed by atoms with Gasteiger partial charge in [0.2, 0.25) is 100 Å². The van der Waals surface area contributed by atoms with E-state index in [2.05, 4.69) is 99.0 Å². The molecule has 2 aromatic heterocycles. The lowest BCUT2D eigenvalue weighted by atomic mass is 9.96. The first-order chi connectivity index (χ1) is 69.3. The highest BCUT2D eigenvalue weighted by atomic mass is 16.3. The summed E-state index contributed by atoms with van der Waals surface area (Å²) in [5.74, 6) is -14.3. The second kappa shape index (κ2) is 63.4. The van der Waals surface area contributed by atoms with Crippen molar-refractivity contribution in [3.8, 4) is 5.75 Å². The standard InChI is InChI=1S/C52H83N19O10.C42H72N14O10/c1-7-30(4)43(55)49(79)65-37(11-8-9-15-53)51(81)70-19-17-69(18-20-70)33-13-14-35-34(23-33)50(80)71(28-62-35)26-42(73)64-36(12-10-16-60-52(56)57)46(76)67-39(22-32-25-59-27-61-32)47(77)63-31(5)44(74)66-38(21-29(2)3)48(78)68-40(24-41(54)72)45(75)58-6;1-21(2)19-23(5)35(61)55-32(22(3)4)39(65)56-33(24(6)57)40(66)53-28(10-8-18-50-42(47)48)36(62)52-29(15-16-31(43)59)38(64)51-27(9-7-17-49-41(45)46)37(63)54-30(34(44)60)20-25-11-13-26(58)14-12-25/h13-14,23,25,27-31,36-40,43H,7-12,15-22,24,26,53,55H2,1-6H3,(H2,54,72)(H,58,75)(H,59,61)(H,63,77)(H,64,73)(H,65,79)(H,66,74)(H,67,76)(H,68,78)(H4,56,57,60);11-14,21-24,27-30,32-33,57-58H,7-10,15-20H2,1-6H3,(H2,43,59)(H2,44,60)(H,51,64)(H,52,62)(H,53,66)(H,54,63)(H,55,61)(H,56,65)(H4,45,46,49)(H4,47,48,50)/t30-,31-,36-,37-,38-,39-,40-,43-;23-,24+,27-,28-,29-,30-,32-,33-/m00/s1. The predicted molar refractivity (Wildman–Crippen MR) is 548 cm³/mol. The van der Waals surface area contributed by atoms with Gasteiger partial charge in [0, 0.05) is 95.6 Å². The molecule has 5 rings (SSSR count). The maximum atomic E-state index is 14.2. The number of carbonyl (C=O) groups is 17. The molecule has 1 saturated heterocycles. The van der Waals surface area contributed by atoms with Crippen LogP contribution in [0.4, 0.5) is 5.69 Å². The number of hydrogen-bond acceptors (Lipinski definition) is 28. The number of unbranched alkanes of at least 4 members (excludes halogenated alkanes) is 1. The monoisotopic (exact) mass is 2070 g/mol. The van der Waals surface area contributed by atoms with Gasteiger partial charge in [0.15, 0.2) is 17.9 Å². The molecular formula is C94H155N33O20. The molecule has 0 saturated carbocycles. The van der Waals surface area contributed by atoms with E-state index in [0.29, 0.717) is 87.3 Å². The number of guanidine groups is 3. The molecule has 0 unspecified atom stereocenters. The average molecular weight is 2070 g/mol. The lowest BCUT2D eigenvalue weighted by Gasteiger charge is -2.38. The zero-order valence-corrected chi connectivity index (χ0v) is 85.8.